The summed E-state index contributed by atoms with van der Waals surface area (Å²) in [7, 11) is 0. The van der Waals surface area contributed by atoms with Gasteiger partial charge in [0.2, 0.25) is 0 Å². The number of allylic oxidation sites excluding steroid dienone is 12. The molecule has 3 aliphatic carbocycles. The molecule has 1 aromatic carbocycles. The monoisotopic (exact) mass is 286 g/mol. The topological polar surface area (TPSA) is 20.2 Å². The van der Waals surface area contributed by atoms with E-state index in [9.17, 15) is 5.11 Å². The molecule has 0 aliphatic heterocycles. The first-order chi connectivity index (χ1) is 10.8. The van der Waals surface area contributed by atoms with Gasteiger partial charge >= 0.3 is 0 Å². The second kappa shape index (κ2) is 5.34. The molecule has 108 valence electrons. The fraction of sp³-hybridized carbons (Fsp3) is 0.143. The lowest BCUT2D eigenvalue weighted by atomic mass is 9.85. The molecule has 1 nitrogen and oxygen atoms in total. The third kappa shape index (κ3) is 2.10. The quantitative estimate of drug-likeness (QED) is 0.786. The molecular formula is C21H18O. The highest BCUT2D eigenvalue weighted by molar-refractivity contribution is 5.92. The number of rotatable bonds is 3. The minimum absolute atomic E-state index is 0.382. The van der Waals surface area contributed by atoms with Crippen molar-refractivity contribution >= 4 is 16.7 Å². The Hall–Kier alpha value is -2.54. The average molecular weight is 286 g/mol. The highest BCUT2D eigenvalue weighted by Gasteiger charge is 2.22. The standard InChI is InChI=1S/C21H18O/c22-19-14-13-18(15-7-1-2-8-15)20(16-9-3-4-10-16)21(19)17-11-5-6-12-17/h1-7,9,11,13-14,22H,8,10,12H2. The van der Waals surface area contributed by atoms with Crippen molar-refractivity contribution in [3.05, 3.63) is 83.5 Å². The third-order valence-corrected chi connectivity index (χ3v) is 4.49. The summed E-state index contributed by atoms with van der Waals surface area (Å²) in [6, 6.07) is 3.91. The molecule has 1 N–H and O–H groups in total. The maximum atomic E-state index is 10.5. The van der Waals surface area contributed by atoms with E-state index < -0.39 is 0 Å². The minimum atomic E-state index is 0.382. The summed E-state index contributed by atoms with van der Waals surface area (Å²) >= 11 is 0. The molecule has 22 heavy (non-hydrogen) atoms. The van der Waals surface area contributed by atoms with E-state index in [1.165, 1.54) is 27.8 Å². The van der Waals surface area contributed by atoms with Crippen molar-refractivity contribution in [3.8, 4) is 5.75 Å². The lowest BCUT2D eigenvalue weighted by molar-refractivity contribution is 0.473. The summed E-state index contributed by atoms with van der Waals surface area (Å²) in [5.41, 5.74) is 7.28. The first-order valence-corrected chi connectivity index (χ1v) is 7.79. The first kappa shape index (κ1) is 13.1. The molecule has 0 amide bonds. The first-order valence-electron chi connectivity index (χ1n) is 7.79. The summed E-state index contributed by atoms with van der Waals surface area (Å²) < 4.78 is 0. The Morgan fingerprint density at radius 1 is 0.636 bits per heavy atom. The largest absolute Gasteiger partial charge is 0.507 e. The molecule has 0 aromatic heterocycles. The third-order valence-electron chi connectivity index (χ3n) is 4.49. The summed E-state index contributed by atoms with van der Waals surface area (Å²) in [6.45, 7) is 0. The highest BCUT2D eigenvalue weighted by Crippen LogP contribution is 2.43. The van der Waals surface area contributed by atoms with Crippen LogP contribution in [0.1, 0.15) is 36.0 Å². The number of aromatic hydroxyl groups is 1. The predicted octanol–water partition coefficient (Wildman–Crippen LogP) is 5.42. The zero-order valence-corrected chi connectivity index (χ0v) is 12.4. The van der Waals surface area contributed by atoms with Crippen LogP contribution < -0.4 is 0 Å². The van der Waals surface area contributed by atoms with Crippen LogP contribution in [0.15, 0.2) is 66.8 Å². The van der Waals surface area contributed by atoms with E-state index in [1.54, 1.807) is 0 Å². The van der Waals surface area contributed by atoms with Crippen molar-refractivity contribution < 1.29 is 5.11 Å². The number of benzene rings is 1. The normalized spacial score (nSPS) is 18.8. The van der Waals surface area contributed by atoms with Crippen molar-refractivity contribution in [2.45, 2.75) is 19.3 Å². The van der Waals surface area contributed by atoms with Gasteiger partial charge in [0.05, 0.1) is 0 Å². The molecule has 0 bridgehead atoms. The zero-order valence-electron chi connectivity index (χ0n) is 12.4. The van der Waals surface area contributed by atoms with Crippen LogP contribution in [0.4, 0.5) is 0 Å². The smallest absolute Gasteiger partial charge is 0.123 e. The van der Waals surface area contributed by atoms with Crippen LogP contribution in [-0.2, 0) is 0 Å². The van der Waals surface area contributed by atoms with Crippen molar-refractivity contribution in [1.29, 1.82) is 0 Å². The SMILES string of the molecule is Oc1ccc(C2=CC=CC2)c(C2=CC=CC2)c1C1=CC=CC1. The maximum absolute atomic E-state index is 10.5. The number of hydrogen-bond acceptors (Lipinski definition) is 1. The molecule has 0 spiro atoms. The Labute approximate surface area is 131 Å². The second-order valence-electron chi connectivity index (χ2n) is 5.85. The van der Waals surface area contributed by atoms with Crippen molar-refractivity contribution in [2.24, 2.45) is 0 Å². The van der Waals surface area contributed by atoms with E-state index in [4.69, 9.17) is 0 Å². The lowest BCUT2D eigenvalue weighted by Gasteiger charge is -2.19. The van der Waals surface area contributed by atoms with Gasteiger partial charge in [-0.1, -0.05) is 60.8 Å². The number of phenols is 1. The van der Waals surface area contributed by atoms with Crippen molar-refractivity contribution in [2.75, 3.05) is 0 Å². The van der Waals surface area contributed by atoms with Gasteiger partial charge < -0.3 is 5.11 Å². The highest BCUT2D eigenvalue weighted by atomic mass is 16.3. The van der Waals surface area contributed by atoms with Crippen LogP contribution in [-0.4, -0.2) is 5.11 Å². The molecule has 0 saturated heterocycles. The Kier molecular flexibility index (Phi) is 3.19. The summed E-state index contributed by atoms with van der Waals surface area (Å²) in [4.78, 5) is 0. The van der Waals surface area contributed by atoms with Crippen LogP contribution in [0.5, 0.6) is 5.75 Å². The van der Waals surface area contributed by atoms with E-state index in [2.05, 4.69) is 60.8 Å². The second-order valence-corrected chi connectivity index (χ2v) is 5.85. The van der Waals surface area contributed by atoms with Crippen LogP contribution in [0.25, 0.3) is 16.7 Å². The molecule has 0 fully saturated rings. The minimum Gasteiger partial charge on any atom is -0.507 e. The van der Waals surface area contributed by atoms with E-state index >= 15 is 0 Å². The zero-order chi connectivity index (χ0) is 14.9. The van der Waals surface area contributed by atoms with Gasteiger partial charge in [-0.3, -0.25) is 0 Å². The van der Waals surface area contributed by atoms with Crippen LogP contribution in [0.2, 0.25) is 0 Å². The molecule has 0 radical (unpaired) electrons. The van der Waals surface area contributed by atoms with Gasteiger partial charge in [0.1, 0.15) is 5.75 Å². The van der Waals surface area contributed by atoms with Crippen LogP contribution in [0.3, 0.4) is 0 Å². The van der Waals surface area contributed by atoms with E-state index in [1.807, 2.05) is 6.07 Å². The van der Waals surface area contributed by atoms with E-state index in [0.29, 0.717) is 5.75 Å². The molecule has 3 aliphatic rings. The molecule has 1 aromatic rings. The van der Waals surface area contributed by atoms with E-state index in [-0.39, 0.29) is 0 Å². The van der Waals surface area contributed by atoms with Gasteiger partial charge in [0, 0.05) is 5.56 Å². The van der Waals surface area contributed by atoms with Crippen LogP contribution in [0, 0.1) is 0 Å². The Morgan fingerprint density at radius 2 is 1.18 bits per heavy atom. The van der Waals surface area contributed by atoms with Gasteiger partial charge in [-0.15, -0.1) is 0 Å². The predicted molar refractivity (Wildman–Crippen MR) is 93.3 cm³/mol. The Morgan fingerprint density at radius 3 is 1.73 bits per heavy atom. The molecular weight excluding hydrogens is 268 g/mol. The van der Waals surface area contributed by atoms with E-state index in [0.717, 1.165) is 24.8 Å². The fourth-order valence-electron chi connectivity index (χ4n) is 3.43. The Bertz CT molecular complexity index is 811. The molecule has 1 heteroatoms. The van der Waals surface area contributed by atoms with Gasteiger partial charge in [0.25, 0.3) is 0 Å². The van der Waals surface area contributed by atoms with Crippen molar-refractivity contribution in [3.63, 3.8) is 0 Å². The molecule has 0 heterocycles. The molecule has 0 unspecified atom stereocenters. The number of hydrogen-bond donors (Lipinski definition) is 1. The molecule has 0 atom stereocenters. The van der Waals surface area contributed by atoms with Crippen molar-refractivity contribution in [1.82, 2.24) is 0 Å². The van der Waals surface area contributed by atoms with Gasteiger partial charge in [0.15, 0.2) is 0 Å². The summed E-state index contributed by atoms with van der Waals surface area (Å²) in [5.74, 6) is 0.382. The van der Waals surface area contributed by atoms with Gasteiger partial charge in [-0.2, -0.15) is 0 Å². The summed E-state index contributed by atoms with van der Waals surface area (Å²) in [6.07, 6.45) is 22.1. The average Bonchev–Trinajstić information content (AvgIpc) is 3.28. The Balaban J connectivity index is 1.94. The maximum Gasteiger partial charge on any atom is 0.123 e. The number of phenolic OH excluding ortho intramolecular Hbond substituents is 1. The van der Waals surface area contributed by atoms with Gasteiger partial charge in [-0.25, -0.2) is 0 Å². The fourth-order valence-corrected chi connectivity index (χ4v) is 3.43. The lowest BCUT2D eigenvalue weighted by Crippen LogP contribution is -1.99. The molecule has 0 saturated carbocycles. The molecule has 4 rings (SSSR count). The summed E-state index contributed by atoms with van der Waals surface area (Å²) in [5, 5.41) is 10.5. The van der Waals surface area contributed by atoms with Gasteiger partial charge in [-0.05, 0) is 53.2 Å². The van der Waals surface area contributed by atoms with Crippen LogP contribution >= 0.6 is 0 Å².